The molecule has 0 aliphatic heterocycles. The first kappa shape index (κ1) is 37.2. The molecular weight excluding hydrogens is 627 g/mol. The Bertz CT molecular complexity index is 1350. The van der Waals surface area contributed by atoms with Crippen LogP contribution in [-0.2, 0) is 46.5 Å². The molecule has 0 saturated carbocycles. The minimum absolute atomic E-state index is 0.0444. The van der Waals surface area contributed by atoms with E-state index in [1.807, 2.05) is 0 Å². The monoisotopic (exact) mass is 664 g/mol. The highest BCUT2D eigenvalue weighted by atomic mass is 35.5. The van der Waals surface area contributed by atoms with Crippen LogP contribution in [0, 0.1) is 5.92 Å². The van der Waals surface area contributed by atoms with Gasteiger partial charge in [-0.2, -0.15) is 0 Å². The van der Waals surface area contributed by atoms with E-state index in [1.54, 1.807) is 44.2 Å². The molecule has 244 valence electrons. The van der Waals surface area contributed by atoms with E-state index >= 15 is 0 Å². The lowest BCUT2D eigenvalue weighted by Crippen LogP contribution is -2.58. The van der Waals surface area contributed by atoms with E-state index < -0.39 is 66.1 Å². The zero-order valence-electron chi connectivity index (χ0n) is 25.4. The van der Waals surface area contributed by atoms with E-state index in [-0.39, 0.29) is 25.2 Å². The number of Topliss-reactive ketones (excluding diaryl/α,β-unsaturated/α-hetero) is 1. The number of phenols is 1. The number of hydrogen-bond donors (Lipinski definition) is 5. The second-order valence-electron chi connectivity index (χ2n) is 10.7. The van der Waals surface area contributed by atoms with E-state index in [0.29, 0.717) is 27.5 Å². The lowest BCUT2D eigenvalue weighted by molar-refractivity contribution is -0.135. The van der Waals surface area contributed by atoms with Crippen LogP contribution >= 0.6 is 23.2 Å². The second-order valence-corrected chi connectivity index (χ2v) is 11.5. The van der Waals surface area contributed by atoms with E-state index in [0.717, 1.165) is 0 Å². The molecule has 4 atom stereocenters. The van der Waals surface area contributed by atoms with Gasteiger partial charge in [-0.25, -0.2) is 0 Å². The number of carbonyl (C=O) groups is 6. The average Bonchev–Trinajstić information content (AvgIpc) is 2.97. The number of phenolic OH excluding ortho intramolecular Hbond substituents is 1. The Hall–Kier alpha value is -4.00. The number of halogens is 2. The van der Waals surface area contributed by atoms with Crippen LogP contribution in [-0.4, -0.2) is 71.6 Å². The normalized spacial score (nSPS) is 13.6. The molecule has 0 saturated heterocycles. The van der Waals surface area contributed by atoms with Crippen LogP contribution in [0.2, 0.25) is 10.0 Å². The Balaban J connectivity index is 2.01. The van der Waals surface area contributed by atoms with Crippen LogP contribution in [0.5, 0.6) is 5.75 Å². The summed E-state index contributed by atoms with van der Waals surface area (Å²) in [7, 11) is 0. The number of rotatable bonds is 17. The molecule has 14 heteroatoms. The van der Waals surface area contributed by atoms with Crippen molar-refractivity contribution in [2.45, 2.75) is 71.3 Å². The summed E-state index contributed by atoms with van der Waals surface area (Å²) >= 11 is 12.2. The largest absolute Gasteiger partial charge is 0.508 e. The molecule has 0 aromatic heterocycles. The summed E-state index contributed by atoms with van der Waals surface area (Å²) in [4.78, 5) is 75.0. The van der Waals surface area contributed by atoms with Crippen LogP contribution in [0.1, 0.15) is 45.2 Å². The van der Waals surface area contributed by atoms with Gasteiger partial charge in [0.1, 0.15) is 36.8 Å². The minimum atomic E-state index is -1.21. The van der Waals surface area contributed by atoms with Crippen LogP contribution < -0.4 is 21.3 Å². The number of carbonyl (C=O) groups excluding carboxylic acids is 6. The van der Waals surface area contributed by atoms with Crippen molar-refractivity contribution in [1.29, 1.82) is 0 Å². The summed E-state index contributed by atoms with van der Waals surface area (Å²) in [6, 6.07) is 6.54. The van der Waals surface area contributed by atoms with E-state index in [2.05, 4.69) is 21.3 Å². The van der Waals surface area contributed by atoms with Gasteiger partial charge in [-0.1, -0.05) is 55.2 Å². The maximum atomic E-state index is 13.2. The number of aldehydes is 1. The van der Waals surface area contributed by atoms with Gasteiger partial charge in [0.25, 0.3) is 0 Å². The fraction of sp³-hybridized carbons (Fsp3) is 0.419. The predicted molar refractivity (Wildman–Crippen MR) is 168 cm³/mol. The maximum Gasteiger partial charge on any atom is 0.243 e. The number of benzene rings is 2. The quantitative estimate of drug-likeness (QED) is 0.160. The number of ether oxygens (including phenoxy) is 1. The third-order valence-corrected chi connectivity index (χ3v) is 7.37. The van der Waals surface area contributed by atoms with Crippen molar-refractivity contribution in [3.05, 3.63) is 63.6 Å². The molecule has 0 bridgehead atoms. The Labute approximate surface area is 271 Å². The van der Waals surface area contributed by atoms with E-state index in [9.17, 15) is 33.9 Å². The van der Waals surface area contributed by atoms with Gasteiger partial charge in [-0.15, -0.1) is 0 Å². The second kappa shape index (κ2) is 18.1. The van der Waals surface area contributed by atoms with Gasteiger partial charge < -0.3 is 35.9 Å². The van der Waals surface area contributed by atoms with Crippen molar-refractivity contribution in [1.82, 2.24) is 21.3 Å². The SMILES string of the molecule is CC(=O)N[C@@H](Cc1ccc(O)cc1)C(=O)N[C@H](C(=O)N[C@@H](C)C(=O)N[C@@H](CC=O)C(=O)COCc1c(Cl)cccc1Cl)C(C)C. The maximum absolute atomic E-state index is 13.2. The van der Waals surface area contributed by atoms with Gasteiger partial charge in [0.15, 0.2) is 5.78 Å². The average molecular weight is 666 g/mol. The molecule has 0 heterocycles. The third kappa shape index (κ3) is 12.1. The molecule has 45 heavy (non-hydrogen) atoms. The van der Waals surface area contributed by atoms with Gasteiger partial charge in [0, 0.05) is 35.4 Å². The van der Waals surface area contributed by atoms with Crippen molar-refractivity contribution in [2.75, 3.05) is 6.61 Å². The topological polar surface area (TPSA) is 180 Å². The van der Waals surface area contributed by atoms with Crippen molar-refractivity contribution >= 4 is 58.9 Å². The Kier molecular flexibility index (Phi) is 14.9. The summed E-state index contributed by atoms with van der Waals surface area (Å²) in [5.74, 6) is -3.45. The van der Waals surface area contributed by atoms with Crippen LogP contribution in [0.3, 0.4) is 0 Å². The number of aromatic hydroxyl groups is 1. The lowest BCUT2D eigenvalue weighted by atomic mass is 10.0. The molecule has 0 radical (unpaired) electrons. The molecule has 5 N–H and O–H groups in total. The number of hydrogen-bond acceptors (Lipinski definition) is 8. The standard InChI is InChI=1S/C31H38Cl2N4O8/c1-17(2)28(37-30(43)26(35-19(4)39)14-20-8-10-21(40)11-9-20)31(44)34-18(3)29(42)36-25(12-13-38)27(41)16-45-15-22-23(32)6-5-7-24(22)33/h5-11,13,17-18,25-26,28,40H,12,14-16H2,1-4H3,(H,34,44)(H,35,39)(H,36,42)(H,37,43)/t18-,25-,26-,28-/m0/s1. The van der Waals surface area contributed by atoms with Crippen LogP contribution in [0.15, 0.2) is 42.5 Å². The molecule has 2 rings (SSSR count). The van der Waals surface area contributed by atoms with Gasteiger partial charge >= 0.3 is 0 Å². The molecule has 2 aromatic rings. The fourth-order valence-electron chi connectivity index (χ4n) is 4.17. The first-order valence-electron chi connectivity index (χ1n) is 14.2. The summed E-state index contributed by atoms with van der Waals surface area (Å²) in [6.45, 7) is 5.51. The predicted octanol–water partition coefficient (Wildman–Crippen LogP) is 2.25. The van der Waals surface area contributed by atoms with Crippen molar-refractivity contribution < 1.29 is 38.6 Å². The summed E-state index contributed by atoms with van der Waals surface area (Å²) in [5.41, 5.74) is 1.14. The van der Waals surface area contributed by atoms with E-state index in [1.165, 1.54) is 26.0 Å². The lowest BCUT2D eigenvalue weighted by Gasteiger charge is -2.27. The number of amides is 4. The molecule has 0 aliphatic carbocycles. The van der Waals surface area contributed by atoms with Crippen molar-refractivity contribution in [2.24, 2.45) is 5.92 Å². The van der Waals surface area contributed by atoms with Crippen LogP contribution in [0.4, 0.5) is 0 Å². The molecule has 0 fully saturated rings. The molecular formula is C31H38Cl2N4O8. The summed E-state index contributed by atoms with van der Waals surface area (Å²) in [5, 5.41) is 20.4. The highest BCUT2D eigenvalue weighted by molar-refractivity contribution is 6.35. The smallest absolute Gasteiger partial charge is 0.243 e. The molecule has 0 unspecified atom stereocenters. The Morgan fingerprint density at radius 2 is 1.47 bits per heavy atom. The van der Waals surface area contributed by atoms with Gasteiger partial charge in [0.05, 0.1) is 12.6 Å². The van der Waals surface area contributed by atoms with Crippen molar-refractivity contribution in [3.8, 4) is 5.75 Å². The van der Waals surface area contributed by atoms with Crippen LogP contribution in [0.25, 0.3) is 0 Å². The Morgan fingerprint density at radius 3 is 2.02 bits per heavy atom. The molecule has 0 spiro atoms. The number of ketones is 1. The van der Waals surface area contributed by atoms with E-state index in [4.69, 9.17) is 27.9 Å². The third-order valence-electron chi connectivity index (χ3n) is 6.66. The minimum Gasteiger partial charge on any atom is -0.508 e. The zero-order valence-corrected chi connectivity index (χ0v) is 26.9. The molecule has 4 amide bonds. The van der Waals surface area contributed by atoms with Gasteiger partial charge in [0.2, 0.25) is 23.6 Å². The first-order chi connectivity index (χ1) is 21.2. The summed E-state index contributed by atoms with van der Waals surface area (Å²) < 4.78 is 5.42. The van der Waals surface area contributed by atoms with Crippen molar-refractivity contribution in [3.63, 3.8) is 0 Å². The molecule has 0 aliphatic rings. The first-order valence-corrected chi connectivity index (χ1v) is 14.9. The number of nitrogens with one attached hydrogen (secondary N) is 4. The highest BCUT2D eigenvalue weighted by Crippen LogP contribution is 2.24. The molecule has 2 aromatic carbocycles. The highest BCUT2D eigenvalue weighted by Gasteiger charge is 2.31. The van der Waals surface area contributed by atoms with Gasteiger partial charge in [-0.3, -0.25) is 24.0 Å². The molecule has 12 nitrogen and oxygen atoms in total. The Morgan fingerprint density at radius 1 is 0.844 bits per heavy atom. The van der Waals surface area contributed by atoms with Gasteiger partial charge in [-0.05, 0) is 42.7 Å². The zero-order chi connectivity index (χ0) is 33.7. The summed E-state index contributed by atoms with van der Waals surface area (Å²) in [6.07, 6.45) is 0.251. The fourth-order valence-corrected chi connectivity index (χ4v) is 4.67.